The third-order valence-electron chi connectivity index (χ3n) is 4.62. The number of pyridine rings is 1. The zero-order chi connectivity index (χ0) is 13.9. The van der Waals surface area contributed by atoms with Crippen molar-refractivity contribution in [1.29, 1.82) is 0 Å². The lowest BCUT2D eigenvalue weighted by Gasteiger charge is -2.39. The van der Waals surface area contributed by atoms with Gasteiger partial charge in [-0.1, -0.05) is 27.2 Å². The first-order valence-electron chi connectivity index (χ1n) is 7.46. The largest absolute Gasteiger partial charge is 0.392 e. The summed E-state index contributed by atoms with van der Waals surface area (Å²) in [6.45, 7) is 9.04. The van der Waals surface area contributed by atoms with Crippen molar-refractivity contribution in [3.63, 3.8) is 0 Å². The lowest BCUT2D eigenvalue weighted by atomic mass is 9.78. The Labute approximate surface area is 116 Å². The number of aryl methyl sites for hydroxylation is 1. The van der Waals surface area contributed by atoms with Crippen molar-refractivity contribution < 1.29 is 5.11 Å². The Hall–Kier alpha value is -1.09. The van der Waals surface area contributed by atoms with Crippen molar-refractivity contribution in [1.82, 2.24) is 4.98 Å². The predicted molar refractivity (Wildman–Crippen MR) is 79.4 cm³/mol. The van der Waals surface area contributed by atoms with E-state index in [0.717, 1.165) is 36.6 Å². The van der Waals surface area contributed by atoms with Gasteiger partial charge in [-0.3, -0.25) is 0 Å². The quantitative estimate of drug-likeness (QED) is 0.905. The van der Waals surface area contributed by atoms with E-state index in [1.54, 1.807) is 0 Å². The molecule has 0 saturated carbocycles. The second kappa shape index (κ2) is 5.91. The Morgan fingerprint density at radius 1 is 1.26 bits per heavy atom. The summed E-state index contributed by atoms with van der Waals surface area (Å²) in [5.41, 5.74) is 2.55. The number of piperidine rings is 1. The van der Waals surface area contributed by atoms with E-state index < -0.39 is 0 Å². The molecule has 1 N–H and O–H groups in total. The predicted octanol–water partition coefficient (Wildman–Crippen LogP) is 3.15. The van der Waals surface area contributed by atoms with E-state index >= 15 is 0 Å². The first-order chi connectivity index (χ1) is 9.10. The van der Waals surface area contributed by atoms with E-state index in [1.807, 2.05) is 12.1 Å². The van der Waals surface area contributed by atoms with Gasteiger partial charge in [0.1, 0.15) is 5.82 Å². The summed E-state index contributed by atoms with van der Waals surface area (Å²) in [6, 6.07) is 4.04. The molecule has 0 unspecified atom stereocenters. The summed E-state index contributed by atoms with van der Waals surface area (Å²) in [7, 11) is 0. The number of rotatable bonds is 4. The van der Waals surface area contributed by atoms with Crippen molar-refractivity contribution in [2.24, 2.45) is 5.41 Å². The number of aliphatic hydroxyl groups is 1. The van der Waals surface area contributed by atoms with Crippen molar-refractivity contribution in [3.05, 3.63) is 23.4 Å². The zero-order valence-corrected chi connectivity index (χ0v) is 12.4. The van der Waals surface area contributed by atoms with Gasteiger partial charge in [-0.2, -0.15) is 0 Å². The molecule has 0 amide bonds. The van der Waals surface area contributed by atoms with E-state index in [9.17, 15) is 5.11 Å². The fourth-order valence-corrected chi connectivity index (χ4v) is 2.70. The van der Waals surface area contributed by atoms with Crippen LogP contribution in [0.5, 0.6) is 0 Å². The van der Waals surface area contributed by atoms with Crippen molar-refractivity contribution >= 4 is 5.82 Å². The standard InChI is InChI=1S/C16H26N2O/c1-4-14-10-13(12-19)11-15(17-14)18-8-6-16(3,5-2)7-9-18/h10-11,19H,4-9,12H2,1-3H3. The molecule has 0 atom stereocenters. The summed E-state index contributed by atoms with van der Waals surface area (Å²) in [5, 5.41) is 9.36. The van der Waals surface area contributed by atoms with Crippen molar-refractivity contribution in [2.75, 3.05) is 18.0 Å². The Kier molecular flexibility index (Phi) is 4.46. The third kappa shape index (κ3) is 3.27. The molecule has 2 rings (SSSR count). The summed E-state index contributed by atoms with van der Waals surface area (Å²) >= 11 is 0. The topological polar surface area (TPSA) is 36.4 Å². The summed E-state index contributed by atoms with van der Waals surface area (Å²) in [5.74, 6) is 1.04. The summed E-state index contributed by atoms with van der Waals surface area (Å²) in [6.07, 6.45) is 4.64. The van der Waals surface area contributed by atoms with Crippen LogP contribution in [0.1, 0.15) is 51.3 Å². The van der Waals surface area contributed by atoms with Crippen LogP contribution in [0, 0.1) is 5.41 Å². The molecule has 3 nitrogen and oxygen atoms in total. The molecule has 0 spiro atoms. The number of aromatic nitrogens is 1. The molecular weight excluding hydrogens is 236 g/mol. The summed E-state index contributed by atoms with van der Waals surface area (Å²) < 4.78 is 0. The Balaban J connectivity index is 2.14. The van der Waals surface area contributed by atoms with Gasteiger partial charge in [0.05, 0.1) is 6.61 Å². The molecule has 0 aliphatic carbocycles. The maximum Gasteiger partial charge on any atom is 0.129 e. The second-order valence-corrected chi connectivity index (χ2v) is 5.99. The van der Waals surface area contributed by atoms with Crippen LogP contribution >= 0.6 is 0 Å². The number of nitrogens with zero attached hydrogens (tertiary/aromatic N) is 2. The van der Waals surface area contributed by atoms with E-state index in [2.05, 4.69) is 25.7 Å². The van der Waals surface area contributed by atoms with E-state index in [4.69, 9.17) is 4.98 Å². The number of aliphatic hydroxyl groups excluding tert-OH is 1. The molecule has 1 aromatic heterocycles. The minimum atomic E-state index is 0.100. The molecule has 3 heteroatoms. The van der Waals surface area contributed by atoms with Gasteiger partial charge in [-0.05, 0) is 42.4 Å². The maximum absolute atomic E-state index is 9.36. The summed E-state index contributed by atoms with van der Waals surface area (Å²) in [4.78, 5) is 7.08. The average molecular weight is 262 g/mol. The lowest BCUT2D eigenvalue weighted by Crippen LogP contribution is -2.39. The van der Waals surface area contributed by atoms with E-state index in [-0.39, 0.29) is 6.61 Å². The van der Waals surface area contributed by atoms with E-state index in [1.165, 1.54) is 19.3 Å². The zero-order valence-electron chi connectivity index (χ0n) is 12.4. The number of anilines is 1. The second-order valence-electron chi connectivity index (χ2n) is 5.99. The fraction of sp³-hybridized carbons (Fsp3) is 0.688. The van der Waals surface area contributed by atoms with Crippen LogP contribution in [0.4, 0.5) is 5.82 Å². The van der Waals surface area contributed by atoms with Gasteiger partial charge in [0.25, 0.3) is 0 Å². The van der Waals surface area contributed by atoms with Crippen LogP contribution < -0.4 is 4.90 Å². The Bertz CT molecular complexity index is 401. The van der Waals surface area contributed by atoms with Crippen LogP contribution in [0.25, 0.3) is 0 Å². The molecule has 0 radical (unpaired) electrons. The van der Waals surface area contributed by atoms with Crippen LogP contribution in [0.15, 0.2) is 12.1 Å². The highest BCUT2D eigenvalue weighted by Crippen LogP contribution is 2.35. The highest BCUT2D eigenvalue weighted by Gasteiger charge is 2.28. The average Bonchev–Trinajstić information content (AvgIpc) is 2.47. The number of hydrogen-bond acceptors (Lipinski definition) is 3. The van der Waals surface area contributed by atoms with Gasteiger partial charge in [0.15, 0.2) is 0 Å². The molecule has 106 valence electrons. The lowest BCUT2D eigenvalue weighted by molar-refractivity contribution is 0.237. The molecule has 19 heavy (non-hydrogen) atoms. The molecule has 2 heterocycles. The Morgan fingerprint density at radius 3 is 2.47 bits per heavy atom. The van der Waals surface area contributed by atoms with Gasteiger partial charge >= 0.3 is 0 Å². The SMILES string of the molecule is CCc1cc(CO)cc(N2CCC(C)(CC)CC2)n1. The molecule has 1 aliphatic heterocycles. The molecular formula is C16H26N2O. The van der Waals surface area contributed by atoms with Gasteiger partial charge in [-0.25, -0.2) is 4.98 Å². The van der Waals surface area contributed by atoms with Crippen LogP contribution in [0.3, 0.4) is 0 Å². The normalized spacial score (nSPS) is 18.6. The van der Waals surface area contributed by atoms with Crippen LogP contribution in [-0.4, -0.2) is 23.2 Å². The van der Waals surface area contributed by atoms with Crippen molar-refractivity contribution in [3.8, 4) is 0 Å². The molecule has 1 saturated heterocycles. The highest BCUT2D eigenvalue weighted by molar-refractivity contribution is 5.43. The Morgan fingerprint density at radius 2 is 1.95 bits per heavy atom. The minimum Gasteiger partial charge on any atom is -0.392 e. The van der Waals surface area contributed by atoms with Gasteiger partial charge in [0.2, 0.25) is 0 Å². The van der Waals surface area contributed by atoms with Gasteiger partial charge < -0.3 is 10.0 Å². The molecule has 1 aliphatic rings. The monoisotopic (exact) mass is 262 g/mol. The minimum absolute atomic E-state index is 0.100. The van der Waals surface area contributed by atoms with Crippen LogP contribution in [0.2, 0.25) is 0 Å². The molecule has 1 fully saturated rings. The number of hydrogen-bond donors (Lipinski definition) is 1. The van der Waals surface area contributed by atoms with Gasteiger partial charge in [-0.15, -0.1) is 0 Å². The first kappa shape index (κ1) is 14.3. The fourth-order valence-electron chi connectivity index (χ4n) is 2.70. The molecule has 0 aromatic carbocycles. The molecule has 0 bridgehead atoms. The maximum atomic E-state index is 9.36. The van der Waals surface area contributed by atoms with E-state index in [0.29, 0.717) is 5.41 Å². The van der Waals surface area contributed by atoms with Crippen LogP contribution in [-0.2, 0) is 13.0 Å². The third-order valence-corrected chi connectivity index (χ3v) is 4.62. The first-order valence-corrected chi connectivity index (χ1v) is 7.46. The molecule has 1 aromatic rings. The highest BCUT2D eigenvalue weighted by atomic mass is 16.3. The van der Waals surface area contributed by atoms with Gasteiger partial charge in [0, 0.05) is 18.8 Å². The van der Waals surface area contributed by atoms with Crippen molar-refractivity contribution in [2.45, 2.75) is 53.1 Å². The smallest absolute Gasteiger partial charge is 0.129 e.